The normalized spacial score (nSPS) is 16.3. The Morgan fingerprint density at radius 3 is 2.34 bits per heavy atom. The van der Waals surface area contributed by atoms with Crippen LogP contribution < -0.4 is 9.47 Å². The molecule has 0 saturated heterocycles. The molecule has 1 atom stereocenters. The van der Waals surface area contributed by atoms with Crippen LogP contribution in [0.3, 0.4) is 0 Å². The Balaban J connectivity index is 1.89. The first-order valence-electron chi connectivity index (χ1n) is 9.08. The largest absolute Gasteiger partial charge is 0.503 e. The Morgan fingerprint density at radius 2 is 1.76 bits per heavy atom. The second-order valence-corrected chi connectivity index (χ2v) is 7.15. The van der Waals surface area contributed by atoms with Gasteiger partial charge in [-0.3, -0.25) is 9.59 Å². The average molecular weight is 416 g/mol. The van der Waals surface area contributed by atoms with Gasteiger partial charge in [-0.15, -0.1) is 0 Å². The molecule has 0 radical (unpaired) electrons. The van der Waals surface area contributed by atoms with E-state index < -0.39 is 17.7 Å². The summed E-state index contributed by atoms with van der Waals surface area (Å²) in [6, 6.07) is 11.8. The highest BCUT2D eigenvalue weighted by Gasteiger charge is 2.42. The third-order valence-electron chi connectivity index (χ3n) is 4.96. The molecule has 152 valence electrons. The number of nitrogens with zero attached hydrogens (tertiary/aromatic N) is 1. The summed E-state index contributed by atoms with van der Waals surface area (Å²) in [5.41, 5.74) is 1.75. The molecule has 1 aliphatic heterocycles. The van der Waals surface area contributed by atoms with Crippen molar-refractivity contribution in [2.24, 2.45) is 0 Å². The maximum atomic E-state index is 12.7. The van der Waals surface area contributed by atoms with E-state index >= 15 is 0 Å². The summed E-state index contributed by atoms with van der Waals surface area (Å²) in [6.45, 7) is 1.65. The molecular weight excluding hydrogens is 394 g/mol. The topological polar surface area (TPSA) is 76.1 Å². The molecule has 2 aromatic rings. The molecule has 3 rings (SSSR count). The molecule has 7 heteroatoms. The number of methoxy groups -OCH3 is 2. The third-order valence-corrected chi connectivity index (χ3v) is 5.21. The Hall–Kier alpha value is -2.99. The smallest absolute Gasteiger partial charge is 0.290 e. The molecule has 1 heterocycles. The lowest BCUT2D eigenvalue weighted by Crippen LogP contribution is -2.32. The molecule has 1 amide bonds. The second kappa shape index (κ2) is 8.57. The van der Waals surface area contributed by atoms with E-state index in [4.69, 9.17) is 21.1 Å². The number of ketones is 1. The lowest BCUT2D eigenvalue weighted by molar-refractivity contribution is -0.129. The summed E-state index contributed by atoms with van der Waals surface area (Å²) in [4.78, 5) is 26.4. The van der Waals surface area contributed by atoms with Crippen LogP contribution in [-0.4, -0.2) is 42.5 Å². The highest BCUT2D eigenvalue weighted by Crippen LogP contribution is 2.38. The molecule has 0 spiro atoms. The van der Waals surface area contributed by atoms with Gasteiger partial charge in [0.1, 0.15) is 0 Å². The summed E-state index contributed by atoms with van der Waals surface area (Å²) in [6.07, 6.45) is 0.509. The minimum atomic E-state index is -0.655. The van der Waals surface area contributed by atoms with Crippen molar-refractivity contribution in [3.63, 3.8) is 0 Å². The van der Waals surface area contributed by atoms with E-state index in [1.807, 2.05) is 12.1 Å². The Bertz CT molecular complexity index is 968. The van der Waals surface area contributed by atoms with Gasteiger partial charge in [0.2, 0.25) is 0 Å². The fraction of sp³-hybridized carbons (Fsp3) is 0.273. The van der Waals surface area contributed by atoms with E-state index in [0.717, 1.165) is 5.56 Å². The lowest BCUT2D eigenvalue weighted by Gasteiger charge is -2.26. The van der Waals surface area contributed by atoms with Crippen LogP contribution in [0.25, 0.3) is 0 Å². The number of Topliss-reactive ketones (excluding diaryl/α,β-unsaturated/α-hetero) is 1. The van der Waals surface area contributed by atoms with Gasteiger partial charge in [0, 0.05) is 11.6 Å². The highest BCUT2D eigenvalue weighted by atomic mass is 35.5. The quantitative estimate of drug-likeness (QED) is 0.742. The minimum absolute atomic E-state index is 0.102. The van der Waals surface area contributed by atoms with Crippen LogP contribution in [0.2, 0.25) is 5.02 Å². The number of aliphatic hydroxyl groups excluding tert-OH is 1. The number of aliphatic hydroxyl groups is 1. The van der Waals surface area contributed by atoms with Crippen molar-refractivity contribution >= 4 is 23.3 Å². The maximum Gasteiger partial charge on any atom is 0.290 e. The molecular formula is C22H22ClNO5. The van der Waals surface area contributed by atoms with Crippen molar-refractivity contribution < 1.29 is 24.2 Å². The zero-order valence-electron chi connectivity index (χ0n) is 16.4. The number of carbonyl (C=O) groups is 2. The number of halogens is 1. The lowest BCUT2D eigenvalue weighted by atomic mass is 9.96. The van der Waals surface area contributed by atoms with Crippen molar-refractivity contribution in [3.05, 3.63) is 69.9 Å². The molecule has 6 nitrogen and oxygen atoms in total. The van der Waals surface area contributed by atoms with Crippen LogP contribution >= 0.6 is 11.6 Å². The number of amides is 1. The van der Waals surface area contributed by atoms with E-state index in [1.54, 1.807) is 44.6 Å². The van der Waals surface area contributed by atoms with Gasteiger partial charge in [0.25, 0.3) is 5.91 Å². The SMILES string of the molecule is COc1ccc(CCN2C(=O)C(O)=C(C(C)=O)[C@H]2c2ccc(Cl)cc2)cc1OC. The minimum Gasteiger partial charge on any atom is -0.503 e. The number of rotatable bonds is 7. The fourth-order valence-corrected chi connectivity index (χ4v) is 3.65. The number of carbonyl (C=O) groups excluding carboxylic acids is 2. The van der Waals surface area contributed by atoms with Crippen molar-refractivity contribution in [1.82, 2.24) is 4.90 Å². The summed E-state index contributed by atoms with van der Waals surface area (Å²) < 4.78 is 10.6. The van der Waals surface area contributed by atoms with Crippen LogP contribution in [0.1, 0.15) is 24.1 Å². The predicted molar refractivity (Wildman–Crippen MR) is 109 cm³/mol. The van der Waals surface area contributed by atoms with Crippen LogP contribution in [0.4, 0.5) is 0 Å². The van der Waals surface area contributed by atoms with Gasteiger partial charge in [0.15, 0.2) is 23.0 Å². The van der Waals surface area contributed by atoms with Crippen LogP contribution in [0.15, 0.2) is 53.8 Å². The maximum absolute atomic E-state index is 12.7. The summed E-state index contributed by atoms with van der Waals surface area (Å²) in [7, 11) is 3.12. The number of ether oxygens (including phenoxy) is 2. The highest BCUT2D eigenvalue weighted by molar-refractivity contribution is 6.30. The van der Waals surface area contributed by atoms with Gasteiger partial charge in [-0.1, -0.05) is 29.8 Å². The summed E-state index contributed by atoms with van der Waals surface area (Å²) in [5.74, 6) is -0.187. The third kappa shape index (κ3) is 4.07. The first kappa shape index (κ1) is 20.7. The van der Waals surface area contributed by atoms with Gasteiger partial charge in [-0.05, 0) is 48.7 Å². The Morgan fingerprint density at radius 1 is 1.10 bits per heavy atom. The monoisotopic (exact) mass is 415 g/mol. The van der Waals surface area contributed by atoms with E-state index in [9.17, 15) is 14.7 Å². The van der Waals surface area contributed by atoms with Crippen LogP contribution in [-0.2, 0) is 16.0 Å². The first-order chi connectivity index (χ1) is 13.9. The van der Waals surface area contributed by atoms with Crippen LogP contribution in [0.5, 0.6) is 11.5 Å². The summed E-state index contributed by atoms with van der Waals surface area (Å²) >= 11 is 5.97. The van der Waals surface area contributed by atoms with Gasteiger partial charge in [-0.25, -0.2) is 0 Å². The summed E-state index contributed by atoms with van der Waals surface area (Å²) in [5, 5.41) is 10.9. The first-order valence-corrected chi connectivity index (χ1v) is 9.46. The molecule has 1 N–H and O–H groups in total. The van der Waals surface area contributed by atoms with Crippen molar-refractivity contribution in [2.45, 2.75) is 19.4 Å². The standard InChI is InChI=1S/C22H22ClNO5/c1-13(25)19-20(15-5-7-16(23)8-6-15)24(22(27)21(19)26)11-10-14-4-9-17(28-2)18(12-14)29-3/h4-9,12,20,26H,10-11H2,1-3H3/t20-/m1/s1. The van der Waals surface area contributed by atoms with Crippen LogP contribution in [0, 0.1) is 0 Å². The number of hydrogen-bond acceptors (Lipinski definition) is 5. The molecule has 29 heavy (non-hydrogen) atoms. The molecule has 0 unspecified atom stereocenters. The number of benzene rings is 2. The van der Waals surface area contributed by atoms with E-state index in [2.05, 4.69) is 0 Å². The van der Waals surface area contributed by atoms with Crippen molar-refractivity contribution in [1.29, 1.82) is 0 Å². The zero-order chi connectivity index (χ0) is 21.1. The molecule has 0 bridgehead atoms. The average Bonchev–Trinajstić information content (AvgIpc) is 2.97. The fourth-order valence-electron chi connectivity index (χ4n) is 3.52. The molecule has 2 aromatic carbocycles. The van der Waals surface area contributed by atoms with E-state index in [0.29, 0.717) is 35.1 Å². The predicted octanol–water partition coefficient (Wildman–Crippen LogP) is 3.88. The van der Waals surface area contributed by atoms with Gasteiger partial charge in [0.05, 0.1) is 25.8 Å². The van der Waals surface area contributed by atoms with Gasteiger partial charge in [-0.2, -0.15) is 0 Å². The second-order valence-electron chi connectivity index (χ2n) is 6.71. The van der Waals surface area contributed by atoms with Gasteiger partial charge >= 0.3 is 0 Å². The van der Waals surface area contributed by atoms with Gasteiger partial charge < -0.3 is 19.5 Å². The number of hydrogen-bond donors (Lipinski definition) is 1. The van der Waals surface area contributed by atoms with E-state index in [-0.39, 0.29) is 11.4 Å². The zero-order valence-corrected chi connectivity index (χ0v) is 17.2. The Labute approximate surface area is 174 Å². The van der Waals surface area contributed by atoms with Crippen molar-refractivity contribution in [3.8, 4) is 11.5 Å². The molecule has 0 fully saturated rings. The molecule has 0 saturated carbocycles. The molecule has 0 aliphatic carbocycles. The van der Waals surface area contributed by atoms with E-state index in [1.165, 1.54) is 11.8 Å². The van der Waals surface area contributed by atoms with Crippen molar-refractivity contribution in [2.75, 3.05) is 20.8 Å². The molecule has 0 aromatic heterocycles. The molecule has 1 aliphatic rings. The Kier molecular flexibility index (Phi) is 6.13.